The summed E-state index contributed by atoms with van der Waals surface area (Å²) in [5, 5.41) is 0. The fraction of sp³-hybridized carbons (Fsp3) is 0.500. The predicted octanol–water partition coefficient (Wildman–Crippen LogP) is 4.09. The summed E-state index contributed by atoms with van der Waals surface area (Å²) < 4.78 is 6.13. The van der Waals surface area contributed by atoms with Gasteiger partial charge in [-0.05, 0) is 48.3 Å². The molecule has 2 saturated carbocycles. The van der Waals surface area contributed by atoms with Crippen molar-refractivity contribution in [2.24, 2.45) is 11.8 Å². The van der Waals surface area contributed by atoms with Crippen LogP contribution < -0.4 is 4.74 Å². The van der Waals surface area contributed by atoms with E-state index in [0.717, 1.165) is 30.4 Å². The van der Waals surface area contributed by atoms with Crippen molar-refractivity contribution in [3.63, 3.8) is 0 Å². The molecule has 17 heavy (non-hydrogen) atoms. The minimum Gasteiger partial charge on any atom is -0.461 e. The lowest BCUT2D eigenvalue weighted by Crippen LogP contribution is -2.07. The Morgan fingerprint density at radius 3 is 2.53 bits per heavy atom. The molecule has 1 heterocycles. The second kappa shape index (κ2) is 3.63. The summed E-state index contributed by atoms with van der Waals surface area (Å²) in [6.07, 6.45) is 7.96. The van der Waals surface area contributed by atoms with Crippen LogP contribution in [-0.2, 0) is 6.42 Å². The van der Waals surface area contributed by atoms with E-state index >= 15 is 0 Å². The first-order valence-corrected chi connectivity index (χ1v) is 6.92. The van der Waals surface area contributed by atoms with Gasteiger partial charge in [0.15, 0.2) is 0 Å². The fourth-order valence-corrected chi connectivity index (χ4v) is 3.68. The SMILES string of the molecule is c1ccc2c(c1)CCC(=C1C3CCCCC13)O2. The first-order chi connectivity index (χ1) is 8.43. The molecule has 0 saturated heterocycles. The molecule has 0 N–H and O–H groups in total. The molecule has 0 bridgehead atoms. The molecule has 2 aliphatic carbocycles. The van der Waals surface area contributed by atoms with E-state index in [0.29, 0.717) is 0 Å². The highest BCUT2D eigenvalue weighted by molar-refractivity contribution is 5.42. The highest BCUT2D eigenvalue weighted by Crippen LogP contribution is 2.57. The Labute approximate surface area is 102 Å². The highest BCUT2D eigenvalue weighted by Gasteiger charge is 2.48. The van der Waals surface area contributed by atoms with E-state index in [1.807, 2.05) is 0 Å². The molecule has 1 nitrogen and oxygen atoms in total. The number of para-hydroxylation sites is 1. The van der Waals surface area contributed by atoms with Crippen LogP contribution in [0.5, 0.6) is 5.75 Å². The second-order valence-corrected chi connectivity index (χ2v) is 5.59. The van der Waals surface area contributed by atoms with E-state index in [-0.39, 0.29) is 0 Å². The number of benzene rings is 1. The Balaban J connectivity index is 1.65. The topological polar surface area (TPSA) is 9.23 Å². The van der Waals surface area contributed by atoms with Gasteiger partial charge in [0.1, 0.15) is 11.5 Å². The molecule has 1 aromatic carbocycles. The number of aryl methyl sites for hydroxylation is 1. The van der Waals surface area contributed by atoms with Gasteiger partial charge in [0.25, 0.3) is 0 Å². The quantitative estimate of drug-likeness (QED) is 0.647. The van der Waals surface area contributed by atoms with Crippen molar-refractivity contribution < 1.29 is 4.74 Å². The molecule has 1 aromatic rings. The highest BCUT2D eigenvalue weighted by atomic mass is 16.5. The van der Waals surface area contributed by atoms with Gasteiger partial charge in [0.05, 0.1) is 0 Å². The first-order valence-electron chi connectivity index (χ1n) is 6.92. The van der Waals surface area contributed by atoms with Gasteiger partial charge in [0, 0.05) is 6.42 Å². The van der Waals surface area contributed by atoms with Gasteiger partial charge in [-0.15, -0.1) is 0 Å². The Kier molecular flexibility index (Phi) is 2.08. The van der Waals surface area contributed by atoms with Gasteiger partial charge < -0.3 is 4.74 Å². The zero-order chi connectivity index (χ0) is 11.2. The maximum atomic E-state index is 6.13. The third-order valence-corrected chi connectivity index (χ3v) is 4.60. The Hall–Kier alpha value is -1.24. The molecule has 3 aliphatic rings. The molecule has 2 unspecified atom stereocenters. The van der Waals surface area contributed by atoms with Crippen LogP contribution in [0.2, 0.25) is 0 Å². The number of hydrogen-bond donors (Lipinski definition) is 0. The van der Waals surface area contributed by atoms with Crippen LogP contribution in [0.4, 0.5) is 0 Å². The van der Waals surface area contributed by atoms with E-state index in [2.05, 4.69) is 24.3 Å². The lowest BCUT2D eigenvalue weighted by molar-refractivity contribution is 0.374. The van der Waals surface area contributed by atoms with Crippen molar-refractivity contribution in [1.29, 1.82) is 0 Å². The number of rotatable bonds is 0. The number of ether oxygens (including phenoxy) is 1. The van der Waals surface area contributed by atoms with Crippen molar-refractivity contribution in [2.45, 2.75) is 38.5 Å². The average molecular weight is 226 g/mol. The Bertz CT molecular complexity index is 472. The van der Waals surface area contributed by atoms with Crippen LogP contribution in [0.1, 0.15) is 37.7 Å². The third-order valence-electron chi connectivity index (χ3n) is 4.60. The zero-order valence-corrected chi connectivity index (χ0v) is 10.1. The van der Waals surface area contributed by atoms with E-state index in [9.17, 15) is 0 Å². The predicted molar refractivity (Wildman–Crippen MR) is 67.9 cm³/mol. The summed E-state index contributed by atoms with van der Waals surface area (Å²) in [5.41, 5.74) is 3.05. The largest absolute Gasteiger partial charge is 0.461 e. The molecule has 0 aromatic heterocycles. The molecule has 0 radical (unpaired) electrons. The van der Waals surface area contributed by atoms with Gasteiger partial charge in [-0.1, -0.05) is 31.0 Å². The second-order valence-electron chi connectivity index (χ2n) is 5.59. The van der Waals surface area contributed by atoms with Crippen molar-refractivity contribution >= 4 is 0 Å². The molecule has 2 fully saturated rings. The standard InChI is InChI=1S/C16H18O/c1-4-8-14-11(5-1)9-10-15(17-14)16-12-6-2-3-7-13(12)16/h1,4-5,8,12-13H,2-3,6-7,9-10H2. The fourth-order valence-electron chi connectivity index (χ4n) is 3.68. The van der Waals surface area contributed by atoms with Gasteiger partial charge in [-0.3, -0.25) is 0 Å². The molecular weight excluding hydrogens is 208 g/mol. The molecular formula is C16H18O. The first kappa shape index (κ1) is 9.76. The molecule has 0 amide bonds. The van der Waals surface area contributed by atoms with Gasteiger partial charge in [-0.2, -0.15) is 0 Å². The summed E-state index contributed by atoms with van der Waals surface area (Å²) in [6, 6.07) is 8.49. The molecule has 1 heteroatoms. The van der Waals surface area contributed by atoms with Crippen LogP contribution in [0, 0.1) is 11.8 Å². The van der Waals surface area contributed by atoms with E-state index in [1.165, 1.54) is 37.0 Å². The van der Waals surface area contributed by atoms with Crippen LogP contribution >= 0.6 is 0 Å². The van der Waals surface area contributed by atoms with Crippen molar-refractivity contribution in [2.75, 3.05) is 0 Å². The minimum absolute atomic E-state index is 0.893. The Morgan fingerprint density at radius 1 is 0.941 bits per heavy atom. The number of fused-ring (bicyclic) bond motifs is 2. The smallest absolute Gasteiger partial charge is 0.130 e. The molecule has 88 valence electrons. The molecule has 2 atom stereocenters. The van der Waals surface area contributed by atoms with Crippen molar-refractivity contribution in [3.05, 3.63) is 41.2 Å². The van der Waals surface area contributed by atoms with Crippen LogP contribution in [0.25, 0.3) is 0 Å². The Morgan fingerprint density at radius 2 is 1.71 bits per heavy atom. The van der Waals surface area contributed by atoms with Gasteiger partial charge in [-0.25, -0.2) is 0 Å². The average Bonchev–Trinajstić information content (AvgIpc) is 3.12. The maximum Gasteiger partial charge on any atom is 0.130 e. The van der Waals surface area contributed by atoms with Gasteiger partial charge in [0.2, 0.25) is 0 Å². The van der Waals surface area contributed by atoms with Crippen molar-refractivity contribution in [3.8, 4) is 5.75 Å². The lowest BCUT2D eigenvalue weighted by atomic mass is 10.0. The molecule has 4 rings (SSSR count). The maximum absolute atomic E-state index is 6.13. The van der Waals surface area contributed by atoms with E-state index in [1.54, 1.807) is 5.57 Å². The monoisotopic (exact) mass is 226 g/mol. The number of allylic oxidation sites excluding steroid dienone is 2. The molecule has 1 aliphatic heterocycles. The normalized spacial score (nSPS) is 30.4. The van der Waals surface area contributed by atoms with Crippen LogP contribution in [0.3, 0.4) is 0 Å². The van der Waals surface area contributed by atoms with Crippen molar-refractivity contribution in [1.82, 2.24) is 0 Å². The van der Waals surface area contributed by atoms with E-state index in [4.69, 9.17) is 4.74 Å². The van der Waals surface area contributed by atoms with Crippen LogP contribution in [-0.4, -0.2) is 0 Å². The van der Waals surface area contributed by atoms with Gasteiger partial charge >= 0.3 is 0 Å². The number of hydrogen-bond acceptors (Lipinski definition) is 1. The lowest BCUT2D eigenvalue weighted by Gasteiger charge is -2.19. The summed E-state index contributed by atoms with van der Waals surface area (Å²) in [6.45, 7) is 0. The third kappa shape index (κ3) is 1.52. The summed E-state index contributed by atoms with van der Waals surface area (Å²) >= 11 is 0. The summed E-state index contributed by atoms with van der Waals surface area (Å²) in [5.74, 6) is 4.21. The summed E-state index contributed by atoms with van der Waals surface area (Å²) in [4.78, 5) is 0. The molecule has 0 spiro atoms. The van der Waals surface area contributed by atoms with Crippen LogP contribution in [0.15, 0.2) is 35.6 Å². The zero-order valence-electron chi connectivity index (χ0n) is 10.1. The summed E-state index contributed by atoms with van der Waals surface area (Å²) in [7, 11) is 0. The minimum atomic E-state index is 0.893. The van der Waals surface area contributed by atoms with E-state index < -0.39 is 0 Å².